The molecule has 0 heterocycles. The van der Waals surface area contributed by atoms with Crippen molar-refractivity contribution < 1.29 is 0 Å². The van der Waals surface area contributed by atoms with Crippen molar-refractivity contribution in [3.8, 4) is 6.07 Å². The van der Waals surface area contributed by atoms with Crippen LogP contribution in [-0.4, -0.2) is 11.5 Å². The molecule has 3 heteroatoms. The SMILES string of the molecule is CCC(C)Sc1cccc(SC)c1C#N. The minimum atomic E-state index is 0.564. The summed E-state index contributed by atoms with van der Waals surface area (Å²) in [5.41, 5.74) is 0.829. The van der Waals surface area contributed by atoms with Crippen LogP contribution in [0, 0.1) is 11.3 Å². The first-order valence-electron chi connectivity index (χ1n) is 4.96. The van der Waals surface area contributed by atoms with Gasteiger partial charge < -0.3 is 0 Å². The summed E-state index contributed by atoms with van der Waals surface area (Å²) in [5, 5.41) is 9.70. The van der Waals surface area contributed by atoms with Crippen molar-refractivity contribution in [1.29, 1.82) is 5.26 Å². The van der Waals surface area contributed by atoms with Crippen LogP contribution < -0.4 is 0 Å². The smallest absolute Gasteiger partial charge is 0.101 e. The van der Waals surface area contributed by atoms with E-state index in [9.17, 15) is 0 Å². The molecule has 0 saturated heterocycles. The van der Waals surface area contributed by atoms with Crippen LogP contribution in [0.2, 0.25) is 0 Å². The molecule has 0 bridgehead atoms. The predicted octanol–water partition coefficient (Wildman–Crippen LogP) is 4.17. The van der Waals surface area contributed by atoms with Gasteiger partial charge in [0.15, 0.2) is 0 Å². The molecule has 0 amide bonds. The average Bonchev–Trinajstić information content (AvgIpc) is 2.28. The summed E-state index contributed by atoms with van der Waals surface area (Å²) in [7, 11) is 0. The molecule has 1 aromatic carbocycles. The molecule has 15 heavy (non-hydrogen) atoms. The van der Waals surface area contributed by atoms with Crippen molar-refractivity contribution in [2.75, 3.05) is 6.26 Å². The first-order valence-corrected chi connectivity index (χ1v) is 7.07. The number of nitrogens with zero attached hydrogens (tertiary/aromatic N) is 1. The van der Waals surface area contributed by atoms with Crippen LogP contribution in [0.1, 0.15) is 25.8 Å². The quantitative estimate of drug-likeness (QED) is 0.734. The van der Waals surface area contributed by atoms with Gasteiger partial charge in [0.25, 0.3) is 0 Å². The Labute approximate surface area is 100 Å². The Balaban J connectivity index is 3.02. The molecular weight excluding hydrogens is 222 g/mol. The fourth-order valence-corrected chi connectivity index (χ4v) is 2.86. The normalized spacial score (nSPS) is 12.1. The fourth-order valence-electron chi connectivity index (χ4n) is 1.19. The number of hydrogen-bond acceptors (Lipinski definition) is 3. The van der Waals surface area contributed by atoms with Crippen LogP contribution in [0.3, 0.4) is 0 Å². The van der Waals surface area contributed by atoms with Gasteiger partial charge in [-0.05, 0) is 24.8 Å². The summed E-state index contributed by atoms with van der Waals surface area (Å²) in [6.07, 6.45) is 3.13. The summed E-state index contributed by atoms with van der Waals surface area (Å²) in [6.45, 7) is 4.36. The first-order chi connectivity index (χ1) is 7.22. The summed E-state index contributed by atoms with van der Waals surface area (Å²) < 4.78 is 0. The Kier molecular flexibility index (Phi) is 5.07. The highest BCUT2D eigenvalue weighted by Gasteiger charge is 2.10. The van der Waals surface area contributed by atoms with Gasteiger partial charge in [-0.25, -0.2) is 0 Å². The lowest BCUT2D eigenvalue weighted by Crippen LogP contribution is -1.94. The van der Waals surface area contributed by atoms with Gasteiger partial charge in [-0.3, -0.25) is 0 Å². The minimum Gasteiger partial charge on any atom is -0.192 e. The average molecular weight is 237 g/mol. The number of rotatable bonds is 4. The molecule has 1 rings (SSSR count). The third-order valence-electron chi connectivity index (χ3n) is 2.22. The largest absolute Gasteiger partial charge is 0.192 e. The Bertz CT molecular complexity index is 368. The van der Waals surface area contributed by atoms with Gasteiger partial charge in [0, 0.05) is 15.0 Å². The van der Waals surface area contributed by atoms with Gasteiger partial charge in [-0.1, -0.05) is 19.9 Å². The van der Waals surface area contributed by atoms with E-state index in [1.807, 2.05) is 24.5 Å². The molecule has 0 saturated carbocycles. The van der Waals surface area contributed by atoms with Gasteiger partial charge >= 0.3 is 0 Å². The Morgan fingerprint density at radius 2 is 2.07 bits per heavy atom. The third kappa shape index (κ3) is 3.19. The molecule has 1 aromatic rings. The van der Waals surface area contributed by atoms with E-state index < -0.39 is 0 Å². The van der Waals surface area contributed by atoms with Crippen LogP contribution in [-0.2, 0) is 0 Å². The molecule has 0 radical (unpaired) electrons. The number of benzene rings is 1. The van der Waals surface area contributed by atoms with Crippen molar-refractivity contribution in [2.24, 2.45) is 0 Å². The van der Waals surface area contributed by atoms with Gasteiger partial charge in [-0.2, -0.15) is 5.26 Å². The van der Waals surface area contributed by atoms with E-state index in [4.69, 9.17) is 5.26 Å². The van der Waals surface area contributed by atoms with Gasteiger partial charge in [0.05, 0.1) is 5.56 Å². The van der Waals surface area contributed by atoms with Crippen molar-refractivity contribution in [2.45, 2.75) is 35.3 Å². The molecule has 80 valence electrons. The summed E-state index contributed by atoms with van der Waals surface area (Å²) >= 11 is 3.42. The zero-order chi connectivity index (χ0) is 11.3. The lowest BCUT2D eigenvalue weighted by molar-refractivity contribution is 0.905. The van der Waals surface area contributed by atoms with Crippen molar-refractivity contribution in [3.05, 3.63) is 23.8 Å². The highest BCUT2D eigenvalue weighted by atomic mass is 32.2. The Morgan fingerprint density at radius 3 is 2.60 bits per heavy atom. The second-order valence-electron chi connectivity index (χ2n) is 3.28. The lowest BCUT2D eigenvalue weighted by Gasteiger charge is -2.11. The van der Waals surface area contributed by atoms with Gasteiger partial charge in [0.1, 0.15) is 6.07 Å². The molecule has 0 aliphatic heterocycles. The lowest BCUT2D eigenvalue weighted by atomic mass is 10.2. The van der Waals surface area contributed by atoms with Crippen molar-refractivity contribution in [1.82, 2.24) is 0 Å². The van der Waals surface area contributed by atoms with Crippen molar-refractivity contribution in [3.63, 3.8) is 0 Å². The Hall–Kier alpha value is -0.590. The molecule has 1 unspecified atom stereocenters. The van der Waals surface area contributed by atoms with E-state index >= 15 is 0 Å². The number of thioether (sulfide) groups is 2. The van der Waals surface area contributed by atoms with E-state index in [0.29, 0.717) is 5.25 Å². The highest BCUT2D eigenvalue weighted by molar-refractivity contribution is 8.00. The second-order valence-corrected chi connectivity index (χ2v) is 5.61. The third-order valence-corrected chi connectivity index (χ3v) is 4.33. The Morgan fingerprint density at radius 1 is 1.40 bits per heavy atom. The van der Waals surface area contributed by atoms with Crippen molar-refractivity contribution >= 4 is 23.5 Å². The zero-order valence-electron chi connectivity index (χ0n) is 9.28. The fraction of sp³-hybridized carbons (Fsp3) is 0.417. The molecule has 1 atom stereocenters. The standard InChI is InChI=1S/C12H15NS2/c1-4-9(2)15-12-7-5-6-11(14-3)10(12)8-13/h5-7,9H,4H2,1-3H3. The molecule has 0 aliphatic rings. The molecule has 0 N–H and O–H groups in total. The summed E-state index contributed by atoms with van der Waals surface area (Å²) in [5.74, 6) is 0. The molecule has 0 spiro atoms. The summed E-state index contributed by atoms with van der Waals surface area (Å²) in [4.78, 5) is 2.18. The van der Waals surface area contributed by atoms with E-state index in [-0.39, 0.29) is 0 Å². The topological polar surface area (TPSA) is 23.8 Å². The molecule has 1 nitrogen and oxygen atoms in total. The monoisotopic (exact) mass is 237 g/mol. The van der Waals surface area contributed by atoms with E-state index in [1.54, 1.807) is 23.5 Å². The maximum atomic E-state index is 9.14. The zero-order valence-corrected chi connectivity index (χ0v) is 10.9. The van der Waals surface area contributed by atoms with Crippen LogP contribution in [0.4, 0.5) is 0 Å². The predicted molar refractivity (Wildman–Crippen MR) is 68.5 cm³/mol. The highest BCUT2D eigenvalue weighted by Crippen LogP contribution is 2.32. The van der Waals surface area contributed by atoms with Crippen LogP contribution in [0.25, 0.3) is 0 Å². The molecular formula is C12H15NS2. The van der Waals surface area contributed by atoms with E-state index in [2.05, 4.69) is 19.9 Å². The molecule has 0 aromatic heterocycles. The maximum Gasteiger partial charge on any atom is 0.101 e. The molecule has 0 fully saturated rings. The van der Waals surface area contributed by atoms with E-state index in [1.165, 1.54) is 0 Å². The van der Waals surface area contributed by atoms with E-state index in [0.717, 1.165) is 21.8 Å². The number of hydrogen-bond donors (Lipinski definition) is 0. The maximum absolute atomic E-state index is 9.14. The molecule has 0 aliphatic carbocycles. The van der Waals surface area contributed by atoms with Crippen LogP contribution >= 0.6 is 23.5 Å². The second kappa shape index (κ2) is 6.09. The van der Waals surface area contributed by atoms with Gasteiger partial charge in [-0.15, -0.1) is 23.5 Å². The van der Waals surface area contributed by atoms with Crippen LogP contribution in [0.5, 0.6) is 0 Å². The number of nitriles is 1. The summed E-state index contributed by atoms with van der Waals surface area (Å²) in [6, 6.07) is 8.37. The minimum absolute atomic E-state index is 0.564. The van der Waals surface area contributed by atoms with Crippen LogP contribution in [0.15, 0.2) is 28.0 Å². The van der Waals surface area contributed by atoms with Gasteiger partial charge in [0.2, 0.25) is 0 Å². The first kappa shape index (κ1) is 12.5.